The van der Waals surface area contributed by atoms with E-state index in [0.29, 0.717) is 34.8 Å². The number of fused-ring (bicyclic) bond motifs is 1. The van der Waals surface area contributed by atoms with E-state index in [1.54, 1.807) is 18.2 Å². The van der Waals surface area contributed by atoms with Crippen molar-refractivity contribution in [3.05, 3.63) is 23.8 Å². The van der Waals surface area contributed by atoms with Crippen molar-refractivity contribution in [1.29, 1.82) is 0 Å². The number of ketones is 1. The number of carbonyl (C=O) groups excluding carboxylic acids is 2. The maximum atomic E-state index is 12.9. The Labute approximate surface area is 146 Å². The minimum Gasteiger partial charge on any atom is -0.454 e. The molecule has 5 nitrogen and oxygen atoms in total. The summed E-state index contributed by atoms with van der Waals surface area (Å²) in [5, 5.41) is 0. The summed E-state index contributed by atoms with van der Waals surface area (Å²) in [6, 6.07) is 4.95. The number of Topliss-reactive ketones (excluding diaryl/α,β-unsaturated/α-hetero) is 1. The van der Waals surface area contributed by atoms with Gasteiger partial charge in [-0.25, -0.2) is 4.79 Å². The molecule has 0 atom stereocenters. The third-order valence-electron chi connectivity index (χ3n) is 6.57. The number of hydrogen-bond acceptors (Lipinski definition) is 5. The van der Waals surface area contributed by atoms with E-state index in [9.17, 15) is 9.59 Å². The number of benzene rings is 1. The SMILES string of the molecule is O=C(OCC(=O)C12CC3CC(CC(C3)C1)C2)c1ccc2c(c1)OCO2. The highest BCUT2D eigenvalue weighted by Gasteiger charge is 2.54. The Kier molecular flexibility index (Phi) is 3.34. The van der Waals surface area contributed by atoms with Gasteiger partial charge in [0.15, 0.2) is 23.9 Å². The zero-order valence-corrected chi connectivity index (χ0v) is 14.2. The first kappa shape index (κ1) is 15.2. The average Bonchev–Trinajstić information content (AvgIpc) is 3.05. The fraction of sp³-hybridized carbons (Fsp3) is 0.600. The fourth-order valence-electron chi connectivity index (χ4n) is 5.84. The van der Waals surface area contributed by atoms with Crippen LogP contribution < -0.4 is 9.47 Å². The molecule has 4 bridgehead atoms. The Morgan fingerprint density at radius 3 is 2.32 bits per heavy atom. The second kappa shape index (κ2) is 5.48. The van der Waals surface area contributed by atoms with Gasteiger partial charge in [-0.05, 0) is 74.5 Å². The zero-order valence-electron chi connectivity index (χ0n) is 14.2. The van der Waals surface area contributed by atoms with Gasteiger partial charge in [-0.1, -0.05) is 0 Å². The van der Waals surface area contributed by atoms with E-state index in [-0.39, 0.29) is 24.6 Å². The number of hydrogen-bond donors (Lipinski definition) is 0. The second-order valence-electron chi connectivity index (χ2n) is 8.27. The molecule has 1 aliphatic heterocycles. The van der Waals surface area contributed by atoms with Crippen molar-refractivity contribution >= 4 is 11.8 Å². The minimum absolute atomic E-state index is 0.112. The van der Waals surface area contributed by atoms with Crippen LogP contribution in [0.2, 0.25) is 0 Å². The topological polar surface area (TPSA) is 61.8 Å². The first-order valence-electron chi connectivity index (χ1n) is 9.21. The summed E-state index contributed by atoms with van der Waals surface area (Å²) in [6.07, 6.45) is 6.88. The molecule has 0 unspecified atom stereocenters. The van der Waals surface area contributed by atoms with E-state index in [1.807, 2.05) is 0 Å². The fourth-order valence-corrected chi connectivity index (χ4v) is 5.84. The summed E-state index contributed by atoms with van der Waals surface area (Å²) in [5.41, 5.74) is 0.173. The predicted octanol–water partition coefficient (Wildman–Crippen LogP) is 3.36. The van der Waals surface area contributed by atoms with Crippen molar-refractivity contribution in [3.8, 4) is 11.5 Å². The highest BCUT2D eigenvalue weighted by molar-refractivity contribution is 5.93. The zero-order chi connectivity index (χ0) is 17.0. The molecule has 132 valence electrons. The lowest BCUT2D eigenvalue weighted by atomic mass is 9.48. The lowest BCUT2D eigenvalue weighted by Gasteiger charge is -2.55. The number of esters is 1. The standard InChI is InChI=1S/C20H22O5/c21-18(20-7-12-3-13(8-20)5-14(4-12)9-20)10-23-19(22)15-1-2-16-17(6-15)25-11-24-16/h1-2,6,12-14H,3-5,7-11H2. The molecule has 0 aromatic heterocycles. The first-order chi connectivity index (χ1) is 12.1. The van der Waals surface area contributed by atoms with Gasteiger partial charge in [-0.15, -0.1) is 0 Å². The number of ether oxygens (including phenoxy) is 3. The van der Waals surface area contributed by atoms with Crippen molar-refractivity contribution in [2.24, 2.45) is 23.2 Å². The van der Waals surface area contributed by atoms with Crippen molar-refractivity contribution in [1.82, 2.24) is 0 Å². The van der Waals surface area contributed by atoms with Crippen LogP contribution in [0.4, 0.5) is 0 Å². The van der Waals surface area contributed by atoms with Crippen molar-refractivity contribution in [2.75, 3.05) is 13.4 Å². The van der Waals surface area contributed by atoms with Crippen LogP contribution >= 0.6 is 0 Å². The summed E-state index contributed by atoms with van der Waals surface area (Å²) >= 11 is 0. The van der Waals surface area contributed by atoms with E-state index >= 15 is 0 Å². The summed E-state index contributed by atoms with van der Waals surface area (Å²) < 4.78 is 15.9. The lowest BCUT2D eigenvalue weighted by Crippen LogP contribution is -2.51. The molecule has 1 heterocycles. The van der Waals surface area contributed by atoms with Gasteiger partial charge in [-0.3, -0.25) is 4.79 Å². The van der Waals surface area contributed by atoms with Crippen LogP contribution in [0.25, 0.3) is 0 Å². The maximum Gasteiger partial charge on any atom is 0.338 e. The molecule has 5 aliphatic rings. The number of carbonyl (C=O) groups is 2. The largest absolute Gasteiger partial charge is 0.454 e. The molecule has 5 heteroatoms. The van der Waals surface area contributed by atoms with E-state index in [4.69, 9.17) is 14.2 Å². The van der Waals surface area contributed by atoms with E-state index in [2.05, 4.69) is 0 Å². The Morgan fingerprint density at radius 2 is 1.64 bits per heavy atom. The highest BCUT2D eigenvalue weighted by atomic mass is 16.7. The van der Waals surface area contributed by atoms with Gasteiger partial charge < -0.3 is 14.2 Å². The van der Waals surface area contributed by atoms with Crippen LogP contribution in [0.3, 0.4) is 0 Å². The minimum atomic E-state index is -0.476. The van der Waals surface area contributed by atoms with Crippen LogP contribution in [0.15, 0.2) is 18.2 Å². The molecule has 0 amide bonds. The highest BCUT2D eigenvalue weighted by Crippen LogP contribution is 2.60. The maximum absolute atomic E-state index is 12.9. The first-order valence-corrected chi connectivity index (χ1v) is 9.21. The molecule has 25 heavy (non-hydrogen) atoms. The van der Waals surface area contributed by atoms with Crippen molar-refractivity contribution in [2.45, 2.75) is 38.5 Å². The van der Waals surface area contributed by atoms with Crippen LogP contribution in [0.1, 0.15) is 48.9 Å². The molecule has 4 aliphatic carbocycles. The van der Waals surface area contributed by atoms with E-state index < -0.39 is 5.97 Å². The Morgan fingerprint density at radius 1 is 1.00 bits per heavy atom. The average molecular weight is 342 g/mol. The van der Waals surface area contributed by atoms with Crippen molar-refractivity contribution in [3.63, 3.8) is 0 Å². The Bertz CT molecular complexity index is 702. The molecule has 1 aromatic carbocycles. The summed E-state index contributed by atoms with van der Waals surface area (Å²) in [7, 11) is 0. The third kappa shape index (κ3) is 2.52. The third-order valence-corrected chi connectivity index (χ3v) is 6.57. The van der Waals surface area contributed by atoms with E-state index in [0.717, 1.165) is 19.3 Å². The Balaban J connectivity index is 1.25. The molecule has 0 radical (unpaired) electrons. The van der Waals surface area contributed by atoms with Crippen LogP contribution in [0, 0.1) is 23.2 Å². The molecule has 0 spiro atoms. The van der Waals surface area contributed by atoms with Crippen LogP contribution in [-0.2, 0) is 9.53 Å². The molecular formula is C20H22O5. The van der Waals surface area contributed by atoms with Crippen molar-refractivity contribution < 1.29 is 23.8 Å². The smallest absolute Gasteiger partial charge is 0.338 e. The van der Waals surface area contributed by atoms with Crippen LogP contribution in [-0.4, -0.2) is 25.2 Å². The molecule has 1 aromatic rings. The molecular weight excluding hydrogens is 320 g/mol. The molecule has 4 saturated carbocycles. The van der Waals surface area contributed by atoms with Gasteiger partial charge in [0, 0.05) is 5.41 Å². The van der Waals surface area contributed by atoms with Gasteiger partial charge >= 0.3 is 5.97 Å². The molecule has 0 N–H and O–H groups in total. The number of rotatable bonds is 4. The quantitative estimate of drug-likeness (QED) is 0.785. The van der Waals surface area contributed by atoms with Crippen LogP contribution in [0.5, 0.6) is 11.5 Å². The van der Waals surface area contributed by atoms with Gasteiger partial charge in [-0.2, -0.15) is 0 Å². The summed E-state index contributed by atoms with van der Waals surface area (Å²) in [6.45, 7) is 0.0533. The normalized spacial score (nSPS) is 34.2. The van der Waals surface area contributed by atoms with Gasteiger partial charge in [0.05, 0.1) is 5.56 Å². The second-order valence-corrected chi connectivity index (χ2v) is 8.27. The van der Waals surface area contributed by atoms with Gasteiger partial charge in [0.1, 0.15) is 0 Å². The van der Waals surface area contributed by atoms with Gasteiger partial charge in [0.25, 0.3) is 0 Å². The van der Waals surface area contributed by atoms with Gasteiger partial charge in [0.2, 0.25) is 6.79 Å². The lowest BCUT2D eigenvalue weighted by molar-refractivity contribution is -0.147. The molecule has 6 rings (SSSR count). The Hall–Kier alpha value is -2.04. The summed E-state index contributed by atoms with van der Waals surface area (Å²) in [5.74, 6) is 2.94. The predicted molar refractivity (Wildman–Crippen MR) is 88.5 cm³/mol. The van der Waals surface area contributed by atoms with E-state index in [1.165, 1.54) is 19.3 Å². The monoisotopic (exact) mass is 342 g/mol. The molecule has 4 fully saturated rings. The molecule has 0 saturated heterocycles. The summed E-state index contributed by atoms with van der Waals surface area (Å²) in [4.78, 5) is 25.2.